The summed E-state index contributed by atoms with van der Waals surface area (Å²) in [6, 6.07) is 7.17. The number of amides is 8. The molecule has 3 saturated heterocycles. The summed E-state index contributed by atoms with van der Waals surface area (Å²) in [6.07, 6.45) is -5.49. The molecule has 2 unspecified atom stereocenters. The molecule has 0 bridgehead atoms. The van der Waals surface area contributed by atoms with Crippen LogP contribution in [0.1, 0.15) is 77.0 Å². The summed E-state index contributed by atoms with van der Waals surface area (Å²) in [5.74, 6) is -3.56. The fraction of sp³-hybridized carbons (Fsp3) is 0.500. The van der Waals surface area contributed by atoms with Crippen molar-refractivity contribution in [2.45, 2.75) is 137 Å². The predicted octanol–water partition coefficient (Wildman–Crippen LogP) is 4.17. The summed E-state index contributed by atoms with van der Waals surface area (Å²) in [6.45, 7) is -3.36. The predicted molar refractivity (Wildman–Crippen MR) is 345 cm³/mol. The lowest BCUT2D eigenvalue weighted by atomic mass is 10.0. The van der Waals surface area contributed by atoms with Gasteiger partial charge in [0.2, 0.25) is 29.5 Å². The Kier molecular flexibility index (Phi) is 23.2. The number of fused-ring (bicyclic) bond motifs is 4. The van der Waals surface area contributed by atoms with E-state index in [-0.39, 0.29) is 90.3 Å². The van der Waals surface area contributed by atoms with E-state index in [1.54, 1.807) is 76.2 Å². The fourth-order valence-corrected chi connectivity index (χ4v) is 20.7. The number of aromatic nitrogens is 8. The van der Waals surface area contributed by atoms with Crippen LogP contribution in [0.15, 0.2) is 73.8 Å². The molecule has 3 aliphatic heterocycles. The van der Waals surface area contributed by atoms with E-state index >= 15 is 17.9 Å². The van der Waals surface area contributed by atoms with Crippen molar-refractivity contribution >= 4 is 111 Å². The molecular formula is C56H75F2N19O13P2S2. The van der Waals surface area contributed by atoms with Crippen LogP contribution in [0, 0.1) is 11.8 Å². The van der Waals surface area contributed by atoms with E-state index in [2.05, 4.69) is 61.8 Å². The average Bonchev–Trinajstić information content (AvgIpc) is 1.59. The molecule has 508 valence electrons. The zero-order chi connectivity index (χ0) is 67.8. The maximum absolute atomic E-state index is 18.0. The number of nitrogens with two attached hydrogens (primary N) is 5. The molecule has 38 heteroatoms. The van der Waals surface area contributed by atoms with Gasteiger partial charge in [0.05, 0.1) is 50.2 Å². The maximum atomic E-state index is 18.0. The fourth-order valence-electron chi connectivity index (χ4n) is 10.6. The number of carbonyl (C=O) groups is 6. The Balaban J connectivity index is 0.995. The van der Waals surface area contributed by atoms with Crippen molar-refractivity contribution in [2.75, 3.05) is 42.7 Å². The third kappa shape index (κ3) is 16.5. The zero-order valence-electron chi connectivity index (χ0n) is 51.4. The lowest BCUT2D eigenvalue weighted by Crippen LogP contribution is -2.51. The standard InChI is InChI=1S/C56H75F2N19O13P2S2/c1-27(2)39(59)50(80)74-33(7-5-17-64-55(62)83)48(78)72-31-13-9-29(10-14-31)21-93-91(85)43-35(89-53(37(43)57)76-25-70-41-45(61)66-23-67-46(41)76)19-87-92(86,44-36(20-88-91)90-54(38(44)58)77-26-71-42-47(77)68-24-69-52(42)82)94-22-30-11-15-32(16-12-30)73-49(79)34(8-6-18-65-56(63)84)75-51(81)40(60)28(3)4/h9-16,23-28,33-40,43-44,53-54H,5-8,17-22,59-60H2,1-4H3,(H,72,78)(H,73,79)(H,74,80)(H,75,81)(H2,61,66,67)(H3,62,64,83)(H3,63,65,84)(H,68,69,82)/t33-,34-,35+,36+,37+,38+,39-,40-,43+,44+,53+,54+,91?,92?/m0/s1. The number of nitrogen functional groups attached to an aromatic ring is 1. The molecule has 32 nitrogen and oxygen atoms in total. The van der Waals surface area contributed by atoms with Crippen molar-refractivity contribution in [3.63, 3.8) is 0 Å². The van der Waals surface area contributed by atoms with Gasteiger partial charge >= 0.3 is 12.1 Å². The lowest BCUT2D eigenvalue weighted by molar-refractivity contribution is -0.128. The average molecular weight is 1390 g/mol. The van der Waals surface area contributed by atoms with Crippen LogP contribution in [0.5, 0.6) is 5.88 Å². The van der Waals surface area contributed by atoms with E-state index in [0.29, 0.717) is 22.5 Å². The number of benzene rings is 2. The molecule has 7 heterocycles. The van der Waals surface area contributed by atoms with Crippen LogP contribution in [0.2, 0.25) is 0 Å². The van der Waals surface area contributed by atoms with Crippen molar-refractivity contribution < 1.29 is 70.3 Å². The largest absolute Gasteiger partial charge is 0.492 e. The second kappa shape index (κ2) is 30.8. The number of imidazole rings is 2. The van der Waals surface area contributed by atoms with Gasteiger partial charge in [-0.2, -0.15) is 4.98 Å². The minimum atomic E-state index is -4.57. The van der Waals surface area contributed by atoms with Crippen LogP contribution in [-0.2, 0) is 58.3 Å². The van der Waals surface area contributed by atoms with E-state index in [4.69, 9.17) is 47.2 Å². The number of nitrogens with one attached hydrogen (secondary N) is 6. The van der Waals surface area contributed by atoms with Crippen molar-refractivity contribution in [1.82, 2.24) is 60.3 Å². The molecule has 94 heavy (non-hydrogen) atoms. The Bertz CT molecular complexity index is 3570. The van der Waals surface area contributed by atoms with Gasteiger partial charge in [-0.3, -0.25) is 37.4 Å². The van der Waals surface area contributed by atoms with Gasteiger partial charge in [0.1, 0.15) is 41.6 Å². The highest BCUT2D eigenvalue weighted by Crippen LogP contribution is 2.73. The van der Waals surface area contributed by atoms with Crippen molar-refractivity contribution in [2.24, 2.45) is 34.8 Å². The quantitative estimate of drug-likeness (QED) is 0.0268. The number of aromatic hydroxyl groups is 1. The van der Waals surface area contributed by atoms with Gasteiger partial charge in [-0.05, 0) is 72.9 Å². The Morgan fingerprint density at radius 1 is 0.617 bits per heavy atom. The molecule has 3 fully saturated rings. The first-order chi connectivity index (χ1) is 44.7. The highest BCUT2D eigenvalue weighted by atomic mass is 32.7. The highest BCUT2D eigenvalue weighted by Gasteiger charge is 2.62. The first-order valence-electron chi connectivity index (χ1n) is 29.9. The minimum Gasteiger partial charge on any atom is -0.492 e. The van der Waals surface area contributed by atoms with E-state index in [1.165, 1.54) is 15.5 Å². The van der Waals surface area contributed by atoms with Crippen molar-refractivity contribution in [1.29, 1.82) is 0 Å². The molecule has 17 N–H and O–H groups in total. The third-order valence-electron chi connectivity index (χ3n) is 15.9. The van der Waals surface area contributed by atoms with Gasteiger partial charge in [0, 0.05) is 36.0 Å². The summed E-state index contributed by atoms with van der Waals surface area (Å²) in [5, 5.41) is 26.4. The molecule has 0 spiro atoms. The van der Waals surface area contributed by atoms with E-state index in [1.807, 2.05) is 0 Å². The first-order valence-corrected chi connectivity index (χ1v) is 36.5. The number of urea groups is 2. The van der Waals surface area contributed by atoms with Crippen LogP contribution in [-0.4, -0.2) is 166 Å². The number of nitrogens with zero attached hydrogens (tertiary/aromatic N) is 8. The Morgan fingerprint density at radius 3 is 1.44 bits per heavy atom. The Hall–Kier alpha value is -7.66. The zero-order valence-corrected chi connectivity index (χ0v) is 54.8. The molecule has 4 aromatic heterocycles. The van der Waals surface area contributed by atoms with Crippen molar-refractivity contribution in [3.05, 3.63) is 85.0 Å². The van der Waals surface area contributed by atoms with Crippen LogP contribution in [0.3, 0.4) is 0 Å². The lowest BCUT2D eigenvalue weighted by Gasteiger charge is -2.34. The number of primary amides is 2. The summed E-state index contributed by atoms with van der Waals surface area (Å²) in [4.78, 5) is 101. The number of ether oxygens (including phenoxy) is 2. The van der Waals surface area contributed by atoms with Crippen molar-refractivity contribution in [3.8, 4) is 5.88 Å². The van der Waals surface area contributed by atoms with Gasteiger partial charge in [-0.25, -0.2) is 43.3 Å². The maximum Gasteiger partial charge on any atom is 0.312 e. The molecule has 2 aromatic carbocycles. The van der Waals surface area contributed by atoms with Gasteiger partial charge in [0.25, 0.3) is 13.1 Å². The normalized spacial score (nSPS) is 25.0. The summed E-state index contributed by atoms with van der Waals surface area (Å²) in [7, 11) is 0. The van der Waals surface area contributed by atoms with Crippen LogP contribution >= 0.6 is 35.9 Å². The molecule has 3 aliphatic rings. The second-order valence-electron chi connectivity index (χ2n) is 23.2. The molecule has 0 aliphatic carbocycles. The number of carbonyl (C=O) groups excluding carboxylic acids is 6. The molecule has 0 saturated carbocycles. The summed E-state index contributed by atoms with van der Waals surface area (Å²) in [5.41, 5.74) is 26.9. The van der Waals surface area contributed by atoms with E-state index < -0.39 is 140 Å². The SMILES string of the molecule is CC(C)[C@H](N)C(=O)N[C@@H](CCCNC(N)=O)C(=O)Nc1ccc(CSP2(=O)OC[C@H]3O[C@@H](n4cnc5c(O)ncnc54)[C@H](F)[C@@H]3P(=O)(SCc3ccc(NC(=O)[C@H](CCCNC(N)=O)NC(=O)[C@@H](N)C(C)C)cc3)OC[C@H]3O[C@@H](n4cnc5c(N)ncnc54)[C@H](F)[C@@H]32)cc1. The number of rotatable bonds is 26. The van der Waals surface area contributed by atoms with E-state index in [9.17, 15) is 33.9 Å². The smallest absolute Gasteiger partial charge is 0.312 e. The minimum absolute atomic E-state index is 0.0250. The first kappa shape index (κ1) is 70.7. The summed E-state index contributed by atoms with van der Waals surface area (Å²) >= 11 is 1.47. The molecule has 9 rings (SSSR count). The van der Waals surface area contributed by atoms with Gasteiger partial charge < -0.3 is 84.2 Å². The highest BCUT2D eigenvalue weighted by molar-refractivity contribution is 8.56. The molecular weight excluding hydrogens is 1310 g/mol. The Morgan fingerprint density at radius 2 is 1.02 bits per heavy atom. The molecule has 6 aromatic rings. The molecule has 14 atom stereocenters. The van der Waals surface area contributed by atoms with Crippen LogP contribution in [0.4, 0.5) is 35.6 Å². The number of hydrogen-bond donors (Lipinski definition) is 12. The van der Waals surface area contributed by atoms with Crippen LogP contribution < -0.4 is 60.6 Å². The number of hydrogen-bond acceptors (Lipinski definition) is 24. The Labute approximate surface area is 545 Å². The van der Waals surface area contributed by atoms with Gasteiger partial charge in [-0.1, -0.05) is 74.7 Å². The number of halogens is 2. The topological polar surface area (TPSA) is 483 Å². The second-order valence-corrected chi connectivity index (χ2v) is 32.8. The monoisotopic (exact) mass is 1390 g/mol. The number of alkyl halides is 2. The number of anilines is 3. The third-order valence-corrected chi connectivity index (χ3v) is 26.3. The van der Waals surface area contributed by atoms with Crippen LogP contribution in [0.25, 0.3) is 22.3 Å². The van der Waals surface area contributed by atoms with Gasteiger partial charge in [0.15, 0.2) is 47.4 Å². The van der Waals surface area contributed by atoms with Gasteiger partial charge in [-0.15, -0.1) is 0 Å². The summed E-state index contributed by atoms with van der Waals surface area (Å²) < 4.78 is 96.4. The molecule has 0 radical (unpaired) electrons. The van der Waals surface area contributed by atoms with E-state index in [0.717, 1.165) is 41.7 Å². The molecule has 8 amide bonds.